The van der Waals surface area contributed by atoms with Gasteiger partial charge in [0.2, 0.25) is 5.91 Å². The van der Waals surface area contributed by atoms with E-state index in [2.05, 4.69) is 123 Å². The molecule has 0 aromatic rings. The van der Waals surface area contributed by atoms with Gasteiger partial charge in [0.05, 0.1) is 33.8 Å². The Morgan fingerprint density at radius 1 is 0.462 bits per heavy atom. The van der Waals surface area contributed by atoms with Gasteiger partial charge in [0, 0.05) is 12.8 Å². The second-order valence-electron chi connectivity index (χ2n) is 22.2. The van der Waals surface area contributed by atoms with Crippen molar-refractivity contribution in [2.24, 2.45) is 0 Å². The Morgan fingerprint density at radius 2 is 0.821 bits per heavy atom. The lowest BCUT2D eigenvalue weighted by molar-refractivity contribution is -0.870. The molecule has 0 spiro atoms. The van der Waals surface area contributed by atoms with Crippen LogP contribution in [0.25, 0.3) is 0 Å². The van der Waals surface area contributed by atoms with Crippen LogP contribution in [0.5, 0.6) is 0 Å². The Bertz CT molecular complexity index is 1700. The number of quaternary nitrogens is 1. The molecule has 10 heteroatoms. The van der Waals surface area contributed by atoms with Crippen LogP contribution in [0, 0.1) is 0 Å². The summed E-state index contributed by atoms with van der Waals surface area (Å²) in [6.45, 7) is 6.76. The molecule has 0 radical (unpaired) electrons. The van der Waals surface area contributed by atoms with Gasteiger partial charge in [0.1, 0.15) is 19.3 Å². The molecule has 2 N–H and O–H groups in total. The molecule has 0 rings (SSSR count). The number of hydrogen-bond acceptors (Lipinski definition) is 6. The summed E-state index contributed by atoms with van der Waals surface area (Å²) in [6.07, 6.45) is 78.0. The van der Waals surface area contributed by atoms with E-state index in [1.54, 1.807) is 0 Å². The number of phosphoric acid groups is 1. The number of allylic oxidation sites excluding steroid dienone is 17. The van der Waals surface area contributed by atoms with Crippen molar-refractivity contribution in [3.05, 3.63) is 109 Å². The highest BCUT2D eigenvalue weighted by atomic mass is 31.2. The molecule has 0 saturated heterocycles. The smallest absolute Gasteiger partial charge is 0.456 e. The van der Waals surface area contributed by atoms with E-state index in [9.17, 15) is 19.0 Å². The Balaban J connectivity index is 5.21. The van der Waals surface area contributed by atoms with Crippen molar-refractivity contribution in [3.63, 3.8) is 0 Å². The summed E-state index contributed by atoms with van der Waals surface area (Å²) in [7, 11) is 1.47. The molecule has 0 fully saturated rings. The molecule has 0 bridgehead atoms. The van der Waals surface area contributed by atoms with E-state index < -0.39 is 20.0 Å². The summed E-state index contributed by atoms with van der Waals surface area (Å²) in [6, 6.07) is -0.868. The highest BCUT2D eigenvalue weighted by Gasteiger charge is 2.30. The number of rotatable bonds is 56. The van der Waals surface area contributed by atoms with Crippen LogP contribution in [0.2, 0.25) is 0 Å². The molecule has 3 unspecified atom stereocenters. The summed E-state index contributed by atoms with van der Waals surface area (Å²) in [5, 5.41) is 3.05. The molecule has 1 amide bonds. The monoisotopic (exact) mass is 1110 g/mol. The van der Waals surface area contributed by atoms with Crippen molar-refractivity contribution in [1.29, 1.82) is 0 Å². The summed E-state index contributed by atoms with van der Waals surface area (Å²) < 4.78 is 30.7. The van der Waals surface area contributed by atoms with E-state index in [1.807, 2.05) is 33.3 Å². The van der Waals surface area contributed by atoms with Gasteiger partial charge in [0.15, 0.2) is 0 Å². The highest BCUT2D eigenvalue weighted by Crippen LogP contribution is 2.43. The van der Waals surface area contributed by atoms with Crippen molar-refractivity contribution in [2.75, 3.05) is 40.9 Å². The van der Waals surface area contributed by atoms with Gasteiger partial charge < -0.3 is 19.4 Å². The molecule has 0 aromatic heterocycles. The first-order valence-electron chi connectivity index (χ1n) is 31.7. The first-order valence-corrected chi connectivity index (χ1v) is 33.2. The van der Waals surface area contributed by atoms with Crippen LogP contribution in [-0.2, 0) is 27.9 Å². The van der Waals surface area contributed by atoms with Crippen molar-refractivity contribution in [1.82, 2.24) is 5.32 Å². The zero-order chi connectivity index (χ0) is 57.2. The average molecular weight is 1110 g/mol. The van der Waals surface area contributed by atoms with E-state index in [4.69, 9.17) is 13.8 Å². The third kappa shape index (κ3) is 57.4. The predicted molar refractivity (Wildman–Crippen MR) is 337 cm³/mol. The predicted octanol–water partition coefficient (Wildman–Crippen LogP) is 19.7. The number of likely N-dealkylation sites (N-methyl/N-ethyl adjacent to an activating group) is 1. The zero-order valence-electron chi connectivity index (χ0n) is 51.1. The van der Waals surface area contributed by atoms with Gasteiger partial charge in [-0.3, -0.25) is 18.6 Å². The molecule has 0 aliphatic heterocycles. The van der Waals surface area contributed by atoms with Crippen LogP contribution >= 0.6 is 7.82 Å². The topological polar surface area (TPSA) is 111 Å². The Hall–Kier alpha value is -3.33. The summed E-state index contributed by atoms with van der Waals surface area (Å²) in [4.78, 5) is 37.7. The lowest BCUT2D eigenvalue weighted by atomic mass is 10.0. The van der Waals surface area contributed by atoms with E-state index in [1.165, 1.54) is 89.9 Å². The van der Waals surface area contributed by atoms with Gasteiger partial charge in [-0.1, -0.05) is 246 Å². The van der Waals surface area contributed by atoms with Crippen molar-refractivity contribution >= 4 is 19.7 Å². The minimum Gasteiger partial charge on any atom is -0.456 e. The number of nitrogens with one attached hydrogen (secondary N) is 1. The van der Waals surface area contributed by atoms with Gasteiger partial charge in [-0.25, -0.2) is 4.57 Å². The number of phosphoric ester groups is 1. The lowest BCUT2D eigenvalue weighted by Crippen LogP contribution is -2.47. The number of hydrogen-bond donors (Lipinski definition) is 2. The molecule has 9 nitrogen and oxygen atoms in total. The van der Waals surface area contributed by atoms with Crippen molar-refractivity contribution < 1.29 is 37.3 Å². The second kappa shape index (κ2) is 56.9. The molecule has 448 valence electrons. The maximum absolute atomic E-state index is 13.6. The number of carbonyl (C=O) groups excluding carboxylic acids is 2. The zero-order valence-corrected chi connectivity index (χ0v) is 52.0. The number of nitrogens with zero attached hydrogens (tertiary/aromatic N) is 1. The maximum Gasteiger partial charge on any atom is 0.472 e. The van der Waals surface area contributed by atoms with E-state index >= 15 is 0 Å². The number of amides is 1. The Morgan fingerprint density at radius 3 is 1.23 bits per heavy atom. The van der Waals surface area contributed by atoms with Crippen molar-refractivity contribution in [2.45, 2.75) is 270 Å². The van der Waals surface area contributed by atoms with Crippen LogP contribution in [-0.4, -0.2) is 74.3 Å². The first kappa shape index (κ1) is 74.7. The summed E-state index contributed by atoms with van der Waals surface area (Å²) >= 11 is 0. The summed E-state index contributed by atoms with van der Waals surface area (Å²) in [5.74, 6) is -0.542. The molecule has 0 aromatic carbocycles. The molecule has 0 aliphatic rings. The fourth-order valence-electron chi connectivity index (χ4n) is 8.63. The van der Waals surface area contributed by atoms with Crippen LogP contribution in [0.4, 0.5) is 0 Å². The van der Waals surface area contributed by atoms with Crippen LogP contribution < -0.4 is 5.32 Å². The molecular weight excluding hydrogens is 988 g/mol. The van der Waals surface area contributed by atoms with Gasteiger partial charge in [0.25, 0.3) is 0 Å². The normalized spacial score (nSPS) is 14.4. The van der Waals surface area contributed by atoms with Crippen molar-refractivity contribution in [3.8, 4) is 0 Å². The van der Waals surface area contributed by atoms with E-state index in [0.717, 1.165) is 128 Å². The van der Waals surface area contributed by atoms with E-state index in [0.29, 0.717) is 23.9 Å². The van der Waals surface area contributed by atoms with Gasteiger partial charge in [-0.05, 0) is 109 Å². The standard InChI is InChI=1S/C68H119N2O7P/c1-7-10-13-16-19-22-25-28-30-31-32-33-34-35-36-37-38-39-40-42-45-48-51-54-57-60-67(71)69-65(64-76-78(73,74)75-63-62-70(4,5)6)66(59-56-53-50-47-44-41-27-24-21-18-15-12-9-3)77-68(72)61-58-55-52-49-46-43-29-26-23-20-17-14-11-8-2/h10-11,13-14,19-20,22-23,28-30,32-33,35-36,43,56,59,65-66H,7-9,12,15-18,21,24-27,31,34,37-42,44-55,57-58,60-64H2,1-6H3,(H-,69,71,73,74)/p+1/b13-10-,14-11+,22-19-,23-20+,30-28-,33-32-,36-35-,43-29+,59-56-. The lowest BCUT2D eigenvalue weighted by Gasteiger charge is -2.27. The number of esters is 1. The molecule has 3 atom stereocenters. The Labute approximate surface area is 481 Å². The Kier molecular flexibility index (Phi) is 54.5. The summed E-state index contributed by atoms with van der Waals surface area (Å²) in [5.41, 5.74) is 0. The second-order valence-corrected chi connectivity index (χ2v) is 23.6. The van der Waals surface area contributed by atoms with Gasteiger partial charge in [-0.2, -0.15) is 0 Å². The van der Waals surface area contributed by atoms with Gasteiger partial charge in [-0.15, -0.1) is 0 Å². The molecule has 0 heterocycles. The average Bonchev–Trinajstić information content (AvgIpc) is 3.40. The van der Waals surface area contributed by atoms with E-state index in [-0.39, 0.29) is 31.5 Å². The number of carbonyl (C=O) groups is 2. The molecular formula is C68H120N2O7P+. The third-order valence-corrected chi connectivity index (χ3v) is 14.4. The molecule has 0 saturated carbocycles. The van der Waals surface area contributed by atoms with Crippen LogP contribution in [0.3, 0.4) is 0 Å². The quantitative estimate of drug-likeness (QED) is 0.0205. The van der Waals surface area contributed by atoms with Gasteiger partial charge >= 0.3 is 13.8 Å². The fraction of sp³-hybridized carbons (Fsp3) is 0.706. The largest absolute Gasteiger partial charge is 0.472 e. The fourth-order valence-corrected chi connectivity index (χ4v) is 9.36. The van der Waals surface area contributed by atoms with Crippen LogP contribution in [0.1, 0.15) is 258 Å². The first-order chi connectivity index (χ1) is 37.9. The minimum absolute atomic E-state index is 0.0300. The van der Waals surface area contributed by atoms with Crippen LogP contribution in [0.15, 0.2) is 109 Å². The highest BCUT2D eigenvalue weighted by molar-refractivity contribution is 7.47. The SMILES string of the molecule is CC/C=C\C/C=C\C/C=C\C/C=C\C/C=C\CCCCCCCCCCCC(=O)NC(COP(=O)(O)OCC[N+](C)(C)C)C(/C=C\CCCCCCCCCCCCC)OC(=O)CCCCCC/C=C/C/C=C/C/C=C/CC. The molecule has 0 aliphatic carbocycles. The number of ether oxygens (including phenoxy) is 1. The maximum atomic E-state index is 13.6. The minimum atomic E-state index is -4.46. The number of unbranched alkanes of at least 4 members (excludes halogenated alkanes) is 24. The third-order valence-electron chi connectivity index (χ3n) is 13.5. The molecule has 78 heavy (non-hydrogen) atoms.